The lowest BCUT2D eigenvalue weighted by molar-refractivity contribution is 0.0191. The molecule has 2 aliphatic heterocycles. The first kappa shape index (κ1) is 20.6. The lowest BCUT2D eigenvalue weighted by atomic mass is 9.84. The summed E-state index contributed by atoms with van der Waals surface area (Å²) in [6.07, 6.45) is -0.157. The lowest BCUT2D eigenvalue weighted by Crippen LogP contribution is -2.15. The van der Waals surface area contributed by atoms with Gasteiger partial charge in [0, 0.05) is 11.8 Å². The summed E-state index contributed by atoms with van der Waals surface area (Å²) in [5.41, 5.74) is 2.06. The highest BCUT2D eigenvalue weighted by molar-refractivity contribution is 5.54. The van der Waals surface area contributed by atoms with E-state index in [4.69, 9.17) is 33.2 Å². The van der Waals surface area contributed by atoms with Gasteiger partial charge in [0.25, 0.3) is 0 Å². The summed E-state index contributed by atoms with van der Waals surface area (Å²) in [5, 5.41) is 0. The van der Waals surface area contributed by atoms with Gasteiger partial charge in [-0.1, -0.05) is 6.07 Å². The van der Waals surface area contributed by atoms with Gasteiger partial charge in [-0.05, 0) is 35.4 Å². The van der Waals surface area contributed by atoms with Gasteiger partial charge in [0.15, 0.2) is 23.0 Å². The van der Waals surface area contributed by atoms with Crippen LogP contribution in [0.2, 0.25) is 0 Å². The molecule has 7 heteroatoms. The highest BCUT2D eigenvalue weighted by Crippen LogP contribution is 2.52. The van der Waals surface area contributed by atoms with Gasteiger partial charge in [-0.3, -0.25) is 0 Å². The molecule has 2 aromatic rings. The zero-order valence-corrected chi connectivity index (χ0v) is 18.0. The van der Waals surface area contributed by atoms with E-state index in [1.54, 1.807) is 35.5 Å². The summed E-state index contributed by atoms with van der Waals surface area (Å²) in [7, 11) is 8.10. The van der Waals surface area contributed by atoms with Crippen LogP contribution in [0.5, 0.6) is 28.7 Å². The van der Waals surface area contributed by atoms with Crippen LogP contribution in [0.3, 0.4) is 0 Å². The maximum atomic E-state index is 6.24. The molecular weight excluding hydrogens is 388 g/mol. The Bertz CT molecular complexity index is 872. The van der Waals surface area contributed by atoms with Gasteiger partial charge in [0.2, 0.25) is 5.75 Å². The van der Waals surface area contributed by atoms with Crippen molar-refractivity contribution in [2.45, 2.75) is 12.2 Å². The minimum Gasteiger partial charge on any atom is -0.493 e. The van der Waals surface area contributed by atoms with E-state index < -0.39 is 0 Å². The van der Waals surface area contributed by atoms with Gasteiger partial charge in [0.05, 0.1) is 61.0 Å². The Morgan fingerprint density at radius 1 is 0.600 bits per heavy atom. The van der Waals surface area contributed by atoms with Gasteiger partial charge in [-0.15, -0.1) is 0 Å². The number of hydrogen-bond donors (Lipinski definition) is 0. The third-order valence-corrected chi connectivity index (χ3v) is 6.02. The number of ether oxygens (including phenoxy) is 7. The van der Waals surface area contributed by atoms with Crippen molar-refractivity contribution in [2.24, 2.45) is 11.8 Å². The Kier molecular flexibility index (Phi) is 5.92. The van der Waals surface area contributed by atoms with E-state index in [1.165, 1.54) is 0 Å². The Hall–Kier alpha value is -2.64. The molecule has 2 saturated heterocycles. The first-order valence-electron chi connectivity index (χ1n) is 9.90. The first-order valence-corrected chi connectivity index (χ1v) is 9.90. The smallest absolute Gasteiger partial charge is 0.203 e. The maximum Gasteiger partial charge on any atom is 0.203 e. The molecule has 2 aromatic carbocycles. The van der Waals surface area contributed by atoms with Crippen LogP contribution < -0.4 is 23.7 Å². The zero-order valence-electron chi connectivity index (χ0n) is 18.0. The molecule has 0 amide bonds. The fraction of sp³-hybridized carbons (Fsp3) is 0.478. The van der Waals surface area contributed by atoms with E-state index >= 15 is 0 Å². The molecule has 0 radical (unpaired) electrons. The normalized spacial score (nSPS) is 25.0. The molecule has 2 aliphatic rings. The third kappa shape index (κ3) is 3.42. The molecule has 7 nitrogen and oxygen atoms in total. The molecule has 2 fully saturated rings. The van der Waals surface area contributed by atoms with Gasteiger partial charge in [0.1, 0.15) is 0 Å². The summed E-state index contributed by atoms with van der Waals surface area (Å²) in [6.45, 7) is 1.23. The summed E-state index contributed by atoms with van der Waals surface area (Å²) < 4.78 is 39.7. The summed E-state index contributed by atoms with van der Waals surface area (Å²) in [4.78, 5) is 0. The number of fused-ring (bicyclic) bond motifs is 1. The molecule has 0 spiro atoms. The van der Waals surface area contributed by atoms with Crippen molar-refractivity contribution in [3.8, 4) is 28.7 Å². The van der Waals surface area contributed by atoms with Crippen molar-refractivity contribution >= 4 is 0 Å². The Balaban J connectivity index is 1.61. The highest BCUT2D eigenvalue weighted by Gasteiger charge is 2.48. The molecule has 0 N–H and O–H groups in total. The van der Waals surface area contributed by atoms with Crippen molar-refractivity contribution < 1.29 is 33.2 Å². The summed E-state index contributed by atoms with van der Waals surface area (Å²) in [6, 6.07) is 9.84. The van der Waals surface area contributed by atoms with Crippen LogP contribution in [0.25, 0.3) is 0 Å². The largest absolute Gasteiger partial charge is 0.493 e. The first-order chi connectivity index (χ1) is 14.6. The maximum absolute atomic E-state index is 6.24. The molecule has 1 unspecified atom stereocenters. The average Bonchev–Trinajstić information content (AvgIpc) is 3.39. The quantitative estimate of drug-likeness (QED) is 0.680. The number of hydrogen-bond acceptors (Lipinski definition) is 7. The second-order valence-electron chi connectivity index (χ2n) is 7.41. The fourth-order valence-corrected chi connectivity index (χ4v) is 4.53. The Morgan fingerprint density at radius 2 is 1.10 bits per heavy atom. The van der Waals surface area contributed by atoms with E-state index in [9.17, 15) is 0 Å². The standard InChI is InChI=1S/C23H28O7/c1-24-17-7-6-13(8-18(17)25-2)21-15-11-30-22(16(15)12-29-21)14-9-19(26-3)23(28-5)20(10-14)27-4/h6-10,15-16,21-22H,11-12H2,1-5H3/t15-,16-,21+,22?/m0/s1. The van der Waals surface area contributed by atoms with E-state index in [1.807, 2.05) is 30.3 Å². The monoisotopic (exact) mass is 416 g/mol. The number of benzene rings is 2. The lowest BCUT2D eigenvalue weighted by Gasteiger charge is -2.20. The van der Waals surface area contributed by atoms with Crippen molar-refractivity contribution in [3.05, 3.63) is 41.5 Å². The van der Waals surface area contributed by atoms with Crippen LogP contribution in [0, 0.1) is 11.8 Å². The molecule has 0 aliphatic carbocycles. The van der Waals surface area contributed by atoms with Gasteiger partial charge < -0.3 is 33.2 Å². The number of methoxy groups -OCH3 is 5. The molecule has 4 atom stereocenters. The van der Waals surface area contributed by atoms with Gasteiger partial charge >= 0.3 is 0 Å². The van der Waals surface area contributed by atoms with E-state index in [0.29, 0.717) is 42.0 Å². The Labute approximate surface area is 176 Å². The van der Waals surface area contributed by atoms with Crippen LogP contribution in [0.15, 0.2) is 30.3 Å². The minimum atomic E-state index is -0.103. The molecule has 0 saturated carbocycles. The molecule has 2 heterocycles. The van der Waals surface area contributed by atoms with Crippen LogP contribution in [0.1, 0.15) is 23.3 Å². The average molecular weight is 416 g/mol. The van der Waals surface area contributed by atoms with Crippen LogP contribution in [0.4, 0.5) is 0 Å². The van der Waals surface area contributed by atoms with Crippen molar-refractivity contribution in [1.82, 2.24) is 0 Å². The molecule has 162 valence electrons. The number of rotatable bonds is 7. The highest BCUT2D eigenvalue weighted by atomic mass is 16.5. The van der Waals surface area contributed by atoms with Crippen LogP contribution >= 0.6 is 0 Å². The predicted molar refractivity (Wildman–Crippen MR) is 110 cm³/mol. The van der Waals surface area contributed by atoms with Crippen LogP contribution in [-0.2, 0) is 9.47 Å². The van der Waals surface area contributed by atoms with Crippen LogP contribution in [-0.4, -0.2) is 48.8 Å². The summed E-state index contributed by atoms with van der Waals surface area (Å²) >= 11 is 0. The topological polar surface area (TPSA) is 64.6 Å². The van der Waals surface area contributed by atoms with E-state index in [0.717, 1.165) is 11.1 Å². The second kappa shape index (κ2) is 8.62. The summed E-state index contributed by atoms with van der Waals surface area (Å²) in [5.74, 6) is 3.68. The van der Waals surface area contributed by atoms with E-state index in [2.05, 4.69) is 0 Å². The van der Waals surface area contributed by atoms with E-state index in [-0.39, 0.29) is 24.0 Å². The van der Waals surface area contributed by atoms with Crippen molar-refractivity contribution in [2.75, 3.05) is 48.8 Å². The third-order valence-electron chi connectivity index (χ3n) is 6.02. The second-order valence-corrected chi connectivity index (χ2v) is 7.41. The zero-order chi connectivity index (χ0) is 21.3. The van der Waals surface area contributed by atoms with Crippen molar-refractivity contribution in [3.63, 3.8) is 0 Å². The molecule has 4 rings (SSSR count). The molecular formula is C23H28O7. The van der Waals surface area contributed by atoms with Gasteiger partial charge in [-0.2, -0.15) is 0 Å². The molecule has 0 aromatic heterocycles. The SMILES string of the molecule is COc1ccc([C@H]2OC[C@@H]3C(c4cc(OC)c(OC)c(OC)c4)OC[C@H]23)cc1OC. The predicted octanol–water partition coefficient (Wildman–Crippen LogP) is 3.80. The molecule has 0 bridgehead atoms. The Morgan fingerprint density at radius 3 is 1.60 bits per heavy atom. The molecule has 30 heavy (non-hydrogen) atoms. The minimum absolute atomic E-state index is 0.0538. The fourth-order valence-electron chi connectivity index (χ4n) is 4.53. The van der Waals surface area contributed by atoms with Crippen molar-refractivity contribution in [1.29, 1.82) is 0 Å². The van der Waals surface area contributed by atoms with Gasteiger partial charge in [-0.25, -0.2) is 0 Å².